The average molecular weight is 237 g/mol. The Morgan fingerprint density at radius 3 is 2.76 bits per heavy atom. The monoisotopic (exact) mass is 237 g/mol. The van der Waals surface area contributed by atoms with Gasteiger partial charge >= 0.3 is 0 Å². The lowest BCUT2D eigenvalue weighted by molar-refractivity contribution is 0.119. The maximum Gasteiger partial charge on any atom is 0.0693 e. The van der Waals surface area contributed by atoms with Crippen molar-refractivity contribution < 1.29 is 5.11 Å². The Balaban J connectivity index is 1.92. The number of aromatic amines is 1. The molecule has 1 aromatic heterocycles. The number of hydrogen-bond donors (Lipinski definition) is 3. The minimum atomic E-state index is -0.190. The lowest BCUT2D eigenvalue weighted by atomic mass is 10.1. The molecule has 0 saturated heterocycles. The fourth-order valence-electron chi connectivity index (χ4n) is 2.59. The van der Waals surface area contributed by atoms with Gasteiger partial charge in [-0.1, -0.05) is 19.3 Å². The van der Waals surface area contributed by atoms with Crippen LogP contribution in [-0.4, -0.2) is 27.4 Å². The van der Waals surface area contributed by atoms with Crippen LogP contribution in [0.4, 0.5) is 0 Å². The fraction of sp³-hybridized carbons (Fsp3) is 0.769. The zero-order valence-corrected chi connectivity index (χ0v) is 10.8. The van der Waals surface area contributed by atoms with Gasteiger partial charge in [0.1, 0.15) is 0 Å². The van der Waals surface area contributed by atoms with Gasteiger partial charge in [-0.15, -0.1) is 0 Å². The highest BCUT2D eigenvalue weighted by atomic mass is 16.3. The minimum absolute atomic E-state index is 0.190. The number of aryl methyl sites for hydroxylation is 2. The summed E-state index contributed by atoms with van der Waals surface area (Å²) in [5.41, 5.74) is 3.41. The van der Waals surface area contributed by atoms with Crippen molar-refractivity contribution in [2.24, 2.45) is 0 Å². The summed E-state index contributed by atoms with van der Waals surface area (Å²) < 4.78 is 0. The molecule has 0 radical (unpaired) electrons. The van der Waals surface area contributed by atoms with Gasteiger partial charge in [-0.2, -0.15) is 5.10 Å². The number of H-pyrrole nitrogens is 1. The Hall–Kier alpha value is -0.870. The van der Waals surface area contributed by atoms with E-state index in [1.807, 2.05) is 13.8 Å². The van der Waals surface area contributed by atoms with Gasteiger partial charge in [-0.25, -0.2) is 0 Å². The molecule has 2 atom stereocenters. The molecular formula is C13H23N3O. The summed E-state index contributed by atoms with van der Waals surface area (Å²) in [6.07, 6.45) is 5.45. The summed E-state index contributed by atoms with van der Waals surface area (Å²) in [4.78, 5) is 0. The number of rotatable bonds is 3. The predicted molar refractivity (Wildman–Crippen MR) is 67.8 cm³/mol. The van der Waals surface area contributed by atoms with Crippen LogP contribution in [0.2, 0.25) is 0 Å². The fourth-order valence-corrected chi connectivity index (χ4v) is 2.59. The first-order valence-electron chi connectivity index (χ1n) is 6.60. The highest BCUT2D eigenvalue weighted by Gasteiger charge is 2.21. The molecule has 0 aliphatic heterocycles. The second-order valence-electron chi connectivity index (χ2n) is 5.11. The molecule has 4 nitrogen and oxygen atoms in total. The molecule has 1 aromatic rings. The van der Waals surface area contributed by atoms with Crippen molar-refractivity contribution >= 4 is 0 Å². The molecule has 2 unspecified atom stereocenters. The number of aliphatic hydroxyl groups excluding tert-OH is 1. The van der Waals surface area contributed by atoms with Crippen molar-refractivity contribution in [2.45, 2.75) is 64.6 Å². The second kappa shape index (κ2) is 5.65. The van der Waals surface area contributed by atoms with Gasteiger partial charge in [-0.05, 0) is 26.7 Å². The normalized spacial score (nSPS) is 25.8. The van der Waals surface area contributed by atoms with Gasteiger partial charge in [0, 0.05) is 23.8 Å². The Labute approximate surface area is 103 Å². The highest BCUT2D eigenvalue weighted by molar-refractivity contribution is 5.22. The molecule has 3 N–H and O–H groups in total. The highest BCUT2D eigenvalue weighted by Crippen LogP contribution is 2.19. The molecular weight excluding hydrogens is 214 g/mol. The van der Waals surface area contributed by atoms with E-state index in [-0.39, 0.29) is 12.1 Å². The van der Waals surface area contributed by atoms with Crippen molar-refractivity contribution in [3.63, 3.8) is 0 Å². The van der Waals surface area contributed by atoms with E-state index in [1.165, 1.54) is 18.4 Å². The summed E-state index contributed by atoms with van der Waals surface area (Å²) in [5, 5.41) is 20.7. The van der Waals surface area contributed by atoms with Crippen molar-refractivity contribution in [3.8, 4) is 0 Å². The lowest BCUT2D eigenvalue weighted by Gasteiger charge is -2.21. The number of aliphatic hydroxyl groups is 1. The topological polar surface area (TPSA) is 60.9 Å². The second-order valence-corrected chi connectivity index (χ2v) is 5.11. The Bertz CT molecular complexity index is 342. The lowest BCUT2D eigenvalue weighted by Crippen LogP contribution is -2.38. The first kappa shape index (κ1) is 12.6. The van der Waals surface area contributed by atoms with Crippen LogP contribution < -0.4 is 5.32 Å². The standard InChI is InChI=1S/C13H23N3O/c1-9-11(10(2)16-15-9)8-14-12-6-4-3-5-7-13(12)17/h12-14,17H,3-8H2,1-2H3,(H,15,16). The average Bonchev–Trinajstić information content (AvgIpc) is 2.52. The van der Waals surface area contributed by atoms with Crippen LogP contribution in [0.25, 0.3) is 0 Å². The van der Waals surface area contributed by atoms with Crippen LogP contribution in [0, 0.1) is 13.8 Å². The van der Waals surface area contributed by atoms with Gasteiger partial charge in [0.2, 0.25) is 0 Å². The van der Waals surface area contributed by atoms with Crippen molar-refractivity contribution in [1.29, 1.82) is 0 Å². The summed E-state index contributed by atoms with van der Waals surface area (Å²) in [6, 6.07) is 0.242. The molecule has 1 heterocycles. The van der Waals surface area contributed by atoms with E-state index >= 15 is 0 Å². The van der Waals surface area contributed by atoms with E-state index in [2.05, 4.69) is 15.5 Å². The van der Waals surface area contributed by atoms with E-state index in [4.69, 9.17) is 0 Å². The van der Waals surface area contributed by atoms with E-state index < -0.39 is 0 Å². The Morgan fingerprint density at radius 2 is 2.06 bits per heavy atom. The molecule has 0 aromatic carbocycles. The molecule has 1 fully saturated rings. The van der Waals surface area contributed by atoms with Gasteiger partial charge in [0.15, 0.2) is 0 Å². The summed E-state index contributed by atoms with van der Waals surface area (Å²) in [6.45, 7) is 4.86. The summed E-state index contributed by atoms with van der Waals surface area (Å²) in [7, 11) is 0. The Kier molecular flexibility index (Phi) is 4.18. The third-order valence-electron chi connectivity index (χ3n) is 3.80. The van der Waals surface area contributed by atoms with Gasteiger partial charge in [-0.3, -0.25) is 5.10 Å². The molecule has 4 heteroatoms. The molecule has 2 rings (SSSR count). The largest absolute Gasteiger partial charge is 0.392 e. The van der Waals surface area contributed by atoms with Crippen LogP contribution in [0.3, 0.4) is 0 Å². The SMILES string of the molecule is Cc1n[nH]c(C)c1CNC1CCCCCC1O. The Morgan fingerprint density at radius 1 is 1.29 bits per heavy atom. The molecule has 1 aliphatic rings. The molecule has 0 amide bonds. The molecule has 0 bridgehead atoms. The molecule has 96 valence electrons. The van der Waals surface area contributed by atoms with E-state index in [1.54, 1.807) is 0 Å². The van der Waals surface area contributed by atoms with Crippen molar-refractivity contribution in [1.82, 2.24) is 15.5 Å². The van der Waals surface area contributed by atoms with E-state index in [0.717, 1.165) is 37.2 Å². The van der Waals surface area contributed by atoms with Crippen molar-refractivity contribution in [3.05, 3.63) is 17.0 Å². The zero-order chi connectivity index (χ0) is 12.3. The van der Waals surface area contributed by atoms with Gasteiger partial charge in [0.25, 0.3) is 0 Å². The van der Waals surface area contributed by atoms with Gasteiger partial charge in [0.05, 0.1) is 11.8 Å². The number of aromatic nitrogens is 2. The smallest absolute Gasteiger partial charge is 0.0693 e. The molecule has 17 heavy (non-hydrogen) atoms. The van der Waals surface area contributed by atoms with Crippen molar-refractivity contribution in [2.75, 3.05) is 0 Å². The quantitative estimate of drug-likeness (QED) is 0.703. The number of hydrogen-bond acceptors (Lipinski definition) is 3. The maximum atomic E-state index is 10.0. The van der Waals surface area contributed by atoms with Crippen LogP contribution in [0.5, 0.6) is 0 Å². The maximum absolute atomic E-state index is 10.0. The molecule has 0 spiro atoms. The minimum Gasteiger partial charge on any atom is -0.392 e. The third kappa shape index (κ3) is 3.07. The van der Waals surface area contributed by atoms with Crippen LogP contribution in [0.1, 0.15) is 49.1 Å². The van der Waals surface area contributed by atoms with E-state index in [0.29, 0.717) is 0 Å². The number of nitrogens with one attached hydrogen (secondary N) is 2. The number of nitrogens with zero attached hydrogens (tertiary/aromatic N) is 1. The predicted octanol–water partition coefficient (Wildman–Crippen LogP) is 1.81. The molecule has 1 saturated carbocycles. The first-order valence-corrected chi connectivity index (χ1v) is 6.60. The van der Waals surface area contributed by atoms with E-state index in [9.17, 15) is 5.11 Å². The van der Waals surface area contributed by atoms with Crippen LogP contribution in [-0.2, 0) is 6.54 Å². The third-order valence-corrected chi connectivity index (χ3v) is 3.80. The zero-order valence-electron chi connectivity index (χ0n) is 10.8. The summed E-state index contributed by atoms with van der Waals surface area (Å²) >= 11 is 0. The summed E-state index contributed by atoms with van der Waals surface area (Å²) in [5.74, 6) is 0. The van der Waals surface area contributed by atoms with Crippen LogP contribution in [0.15, 0.2) is 0 Å². The van der Waals surface area contributed by atoms with Gasteiger partial charge < -0.3 is 10.4 Å². The first-order chi connectivity index (χ1) is 8.18. The molecule has 1 aliphatic carbocycles. The van der Waals surface area contributed by atoms with Crippen LogP contribution >= 0.6 is 0 Å².